The number of aromatic nitrogens is 2. The van der Waals surface area contributed by atoms with Gasteiger partial charge in [-0.1, -0.05) is 55.4 Å². The average molecular weight is 597 g/mol. The minimum absolute atomic E-state index is 0.0931. The molecule has 2 unspecified atom stereocenters. The van der Waals surface area contributed by atoms with Crippen LogP contribution in [0.5, 0.6) is 0 Å². The van der Waals surface area contributed by atoms with Gasteiger partial charge in [-0.25, -0.2) is 0 Å². The molecule has 2 N–H and O–H groups in total. The molecule has 240 valence electrons. The second kappa shape index (κ2) is 11.6. The Kier molecular flexibility index (Phi) is 8.66. The van der Waals surface area contributed by atoms with Gasteiger partial charge in [-0.15, -0.1) is 0 Å². The summed E-state index contributed by atoms with van der Waals surface area (Å²) in [6.45, 7) is 28.3. The number of H-pyrrole nitrogens is 2. The van der Waals surface area contributed by atoms with Gasteiger partial charge in [0.15, 0.2) is 0 Å². The summed E-state index contributed by atoms with van der Waals surface area (Å²) in [4.78, 5) is 19.9. The molecule has 3 aliphatic rings. The maximum atomic E-state index is 5.83. The van der Waals surface area contributed by atoms with Crippen LogP contribution < -0.4 is 0 Å². The van der Waals surface area contributed by atoms with E-state index in [-0.39, 0.29) is 33.7 Å². The number of hydrogen-bond donors (Lipinski definition) is 2. The minimum Gasteiger partial charge on any atom is -0.361 e. The number of aromatic amines is 2. The predicted molar refractivity (Wildman–Crippen MR) is 190 cm³/mol. The van der Waals surface area contributed by atoms with Crippen molar-refractivity contribution in [3.05, 3.63) is 69.3 Å². The summed E-state index contributed by atoms with van der Waals surface area (Å²) in [7, 11) is 0. The van der Waals surface area contributed by atoms with Crippen LogP contribution in [0.2, 0.25) is 0 Å². The third-order valence-electron chi connectivity index (χ3n) is 13.6. The Morgan fingerprint density at radius 3 is 1.05 bits per heavy atom. The average Bonchev–Trinajstić information content (AvgIpc) is 3.85. The molecule has 0 saturated carbocycles. The maximum absolute atomic E-state index is 5.83. The monoisotopic (exact) mass is 596 g/mol. The van der Waals surface area contributed by atoms with E-state index in [9.17, 15) is 0 Å². The summed E-state index contributed by atoms with van der Waals surface area (Å²) in [6.07, 6.45) is 8.21. The molecule has 0 radical (unpaired) electrons. The Bertz CT molecular complexity index is 1390. The standard InChI is InChI=1S/C40H60N4/c1-13-37(14-2)29-21-22-30(41-29)38(15-3,16-4)35-27(11)28(12)36(44-35)40(19-7,20-8)32-24-23-31(42-32)39(17-5,18-6)34-26(10)25(9)33(37)43-34/h21-24,33,36,41-42H,13-20H2,1-12H3. The lowest BCUT2D eigenvalue weighted by molar-refractivity contribution is 0.336. The van der Waals surface area contributed by atoms with E-state index in [1.807, 2.05) is 0 Å². The molecule has 44 heavy (non-hydrogen) atoms. The van der Waals surface area contributed by atoms with Crippen molar-refractivity contribution in [1.29, 1.82) is 0 Å². The normalized spacial score (nSPS) is 25.0. The molecule has 3 aliphatic heterocycles. The highest BCUT2D eigenvalue weighted by Crippen LogP contribution is 2.51. The molecule has 5 heterocycles. The molecule has 0 saturated heterocycles. The summed E-state index contributed by atoms with van der Waals surface area (Å²) >= 11 is 0. The fourth-order valence-corrected chi connectivity index (χ4v) is 9.92. The smallest absolute Gasteiger partial charge is 0.0827 e. The van der Waals surface area contributed by atoms with Gasteiger partial charge in [0, 0.05) is 33.6 Å². The maximum Gasteiger partial charge on any atom is 0.0827 e. The van der Waals surface area contributed by atoms with E-state index in [1.54, 1.807) is 0 Å². The molecule has 0 fully saturated rings. The Morgan fingerprint density at radius 2 is 0.773 bits per heavy atom. The Morgan fingerprint density at radius 1 is 0.477 bits per heavy atom. The van der Waals surface area contributed by atoms with Crippen LogP contribution in [0.25, 0.3) is 0 Å². The lowest BCUT2D eigenvalue weighted by atomic mass is 9.70. The van der Waals surface area contributed by atoms with Gasteiger partial charge in [-0.2, -0.15) is 0 Å². The number of rotatable bonds is 8. The molecule has 2 aromatic rings. The first kappa shape index (κ1) is 32.8. The number of hydrogen-bond acceptors (Lipinski definition) is 2. The fourth-order valence-electron chi connectivity index (χ4n) is 9.92. The number of allylic oxidation sites excluding steroid dienone is 2. The van der Waals surface area contributed by atoms with Crippen LogP contribution in [-0.4, -0.2) is 33.5 Å². The summed E-state index contributed by atoms with van der Waals surface area (Å²) < 4.78 is 0. The molecule has 5 rings (SSSR count). The molecule has 4 nitrogen and oxygen atoms in total. The molecule has 8 bridgehead atoms. The highest BCUT2D eigenvalue weighted by Gasteiger charge is 2.51. The molecule has 0 aromatic carbocycles. The summed E-state index contributed by atoms with van der Waals surface area (Å²) in [5, 5.41) is 0. The van der Waals surface area contributed by atoms with Gasteiger partial charge in [0.2, 0.25) is 0 Å². The SMILES string of the molecule is CCC1(CC)C2=NC(C(C)=C2C)C(CC)(CC)c2ccc([nH]2)C(CC)(CC)C2=NC(C(C)=C2C)C(CC)(CC)c2ccc1[nH]2. The van der Waals surface area contributed by atoms with Crippen molar-refractivity contribution in [2.24, 2.45) is 9.98 Å². The Hall–Kier alpha value is -2.62. The largest absolute Gasteiger partial charge is 0.361 e. The Balaban J connectivity index is 1.91. The molecular formula is C40H60N4. The quantitative estimate of drug-likeness (QED) is 0.305. The number of fused-ring (bicyclic) bond motifs is 6. The molecule has 2 atom stereocenters. The van der Waals surface area contributed by atoms with Gasteiger partial charge >= 0.3 is 0 Å². The zero-order valence-electron chi connectivity index (χ0n) is 30.0. The second-order valence-corrected chi connectivity index (χ2v) is 14.3. The zero-order chi connectivity index (χ0) is 32.2. The third-order valence-corrected chi connectivity index (χ3v) is 13.6. The first-order valence-electron chi connectivity index (χ1n) is 17.9. The minimum atomic E-state index is -0.152. The van der Waals surface area contributed by atoms with Crippen LogP contribution in [0, 0.1) is 0 Å². The van der Waals surface area contributed by atoms with Crippen LogP contribution in [0.1, 0.15) is 157 Å². The van der Waals surface area contributed by atoms with E-state index in [4.69, 9.17) is 9.98 Å². The highest BCUT2D eigenvalue weighted by molar-refractivity contribution is 6.10. The van der Waals surface area contributed by atoms with E-state index >= 15 is 0 Å². The predicted octanol–water partition coefficient (Wildman–Crippen LogP) is 10.6. The summed E-state index contributed by atoms with van der Waals surface area (Å²) in [6, 6.07) is 9.86. The first-order chi connectivity index (χ1) is 21.0. The van der Waals surface area contributed by atoms with Crippen LogP contribution >= 0.6 is 0 Å². The van der Waals surface area contributed by atoms with Gasteiger partial charge in [-0.05, 0) is 126 Å². The lowest BCUT2D eigenvalue weighted by Crippen LogP contribution is -2.41. The van der Waals surface area contributed by atoms with Crippen molar-refractivity contribution in [2.45, 2.75) is 168 Å². The van der Waals surface area contributed by atoms with Crippen molar-refractivity contribution in [3.63, 3.8) is 0 Å². The zero-order valence-corrected chi connectivity index (χ0v) is 30.0. The number of nitrogens with zero attached hydrogens (tertiary/aromatic N) is 2. The first-order valence-corrected chi connectivity index (χ1v) is 17.9. The molecule has 0 spiro atoms. The molecular weight excluding hydrogens is 536 g/mol. The van der Waals surface area contributed by atoms with Crippen molar-refractivity contribution >= 4 is 11.4 Å². The molecule has 0 amide bonds. The molecule has 0 aliphatic carbocycles. The van der Waals surface area contributed by atoms with Gasteiger partial charge in [0.05, 0.1) is 34.3 Å². The van der Waals surface area contributed by atoms with Crippen LogP contribution in [-0.2, 0) is 21.7 Å². The van der Waals surface area contributed by atoms with Crippen LogP contribution in [0.15, 0.2) is 56.5 Å². The topological polar surface area (TPSA) is 56.3 Å². The van der Waals surface area contributed by atoms with Crippen LogP contribution in [0.3, 0.4) is 0 Å². The van der Waals surface area contributed by atoms with Gasteiger partial charge in [0.25, 0.3) is 0 Å². The highest BCUT2D eigenvalue weighted by atomic mass is 15.0. The Labute approximate surface area is 268 Å². The fraction of sp³-hybridized carbons (Fsp3) is 0.650. The number of nitrogens with one attached hydrogen (secondary N) is 2. The summed E-state index contributed by atoms with van der Waals surface area (Å²) in [5.74, 6) is 0. The van der Waals surface area contributed by atoms with E-state index in [2.05, 4.69) is 117 Å². The van der Waals surface area contributed by atoms with Crippen molar-refractivity contribution in [3.8, 4) is 0 Å². The van der Waals surface area contributed by atoms with Gasteiger partial charge < -0.3 is 9.97 Å². The van der Waals surface area contributed by atoms with E-state index < -0.39 is 0 Å². The van der Waals surface area contributed by atoms with E-state index in [0.29, 0.717) is 0 Å². The van der Waals surface area contributed by atoms with Gasteiger partial charge in [0.1, 0.15) is 0 Å². The lowest BCUT2D eigenvalue weighted by Gasteiger charge is -2.39. The second-order valence-electron chi connectivity index (χ2n) is 14.3. The van der Waals surface area contributed by atoms with Crippen molar-refractivity contribution in [2.75, 3.05) is 0 Å². The summed E-state index contributed by atoms with van der Waals surface area (Å²) in [5.41, 5.74) is 13.1. The van der Waals surface area contributed by atoms with E-state index in [0.717, 1.165) is 51.4 Å². The van der Waals surface area contributed by atoms with Crippen molar-refractivity contribution in [1.82, 2.24) is 9.97 Å². The number of aliphatic imine (C=N–C) groups is 2. The van der Waals surface area contributed by atoms with Crippen LogP contribution in [0.4, 0.5) is 0 Å². The van der Waals surface area contributed by atoms with E-state index in [1.165, 1.54) is 56.5 Å². The molecule has 4 heteroatoms. The van der Waals surface area contributed by atoms with Gasteiger partial charge in [-0.3, -0.25) is 9.98 Å². The molecule has 2 aromatic heterocycles. The van der Waals surface area contributed by atoms with Crippen molar-refractivity contribution < 1.29 is 0 Å². The third kappa shape index (κ3) is 4.07.